The number of benzene rings is 10. The number of furan rings is 1. The van der Waals surface area contributed by atoms with Crippen LogP contribution in [-0.2, 0) is 0 Å². The van der Waals surface area contributed by atoms with Crippen LogP contribution in [0.2, 0.25) is 0 Å². The molecule has 3 heteroatoms. The highest BCUT2D eigenvalue weighted by atomic mass is 32.1. The Hall–Kier alpha value is -6.94. The maximum atomic E-state index is 6.69. The third kappa shape index (κ3) is 4.03. The Bertz CT molecular complexity index is 3710. The molecule has 55 heavy (non-hydrogen) atoms. The number of hydrogen-bond acceptors (Lipinski definition) is 2. The molecule has 0 aliphatic heterocycles. The van der Waals surface area contributed by atoms with Crippen molar-refractivity contribution in [2.75, 3.05) is 0 Å². The van der Waals surface area contributed by atoms with E-state index in [1.165, 1.54) is 91.2 Å². The summed E-state index contributed by atoms with van der Waals surface area (Å²) in [6.07, 6.45) is 0. The van der Waals surface area contributed by atoms with Crippen LogP contribution in [0.3, 0.4) is 0 Å². The van der Waals surface area contributed by atoms with E-state index < -0.39 is 0 Å². The van der Waals surface area contributed by atoms with Gasteiger partial charge in [-0.15, -0.1) is 11.3 Å². The summed E-state index contributed by atoms with van der Waals surface area (Å²) in [6.45, 7) is 0. The average molecular weight is 716 g/mol. The lowest BCUT2D eigenvalue weighted by molar-refractivity contribution is 0.673. The van der Waals surface area contributed by atoms with Gasteiger partial charge in [0, 0.05) is 57.9 Å². The Balaban J connectivity index is 1.06. The smallest absolute Gasteiger partial charge is 0.143 e. The van der Waals surface area contributed by atoms with Gasteiger partial charge in [-0.25, -0.2) is 0 Å². The van der Waals surface area contributed by atoms with Crippen LogP contribution in [0.1, 0.15) is 0 Å². The van der Waals surface area contributed by atoms with Crippen molar-refractivity contribution in [3.05, 3.63) is 176 Å². The van der Waals surface area contributed by atoms with Gasteiger partial charge in [0.05, 0.1) is 16.7 Å². The number of thiophene rings is 1. The molecule has 0 atom stereocenters. The van der Waals surface area contributed by atoms with Gasteiger partial charge in [-0.1, -0.05) is 127 Å². The van der Waals surface area contributed by atoms with Crippen LogP contribution in [0.4, 0.5) is 0 Å². The van der Waals surface area contributed by atoms with Gasteiger partial charge < -0.3 is 8.98 Å². The lowest BCUT2D eigenvalue weighted by atomic mass is 9.91. The molecule has 3 heterocycles. The van der Waals surface area contributed by atoms with Crippen molar-refractivity contribution in [3.63, 3.8) is 0 Å². The maximum Gasteiger partial charge on any atom is 0.143 e. The van der Waals surface area contributed by atoms with E-state index in [9.17, 15) is 0 Å². The van der Waals surface area contributed by atoms with Gasteiger partial charge in [0.2, 0.25) is 0 Å². The zero-order valence-corrected chi connectivity index (χ0v) is 30.3. The molecule has 0 aliphatic carbocycles. The lowest BCUT2D eigenvalue weighted by Gasteiger charge is -2.17. The number of hydrogen-bond donors (Lipinski definition) is 0. The normalized spacial score (nSPS) is 12.4. The van der Waals surface area contributed by atoms with Crippen LogP contribution in [-0.4, -0.2) is 4.57 Å². The Morgan fingerprint density at radius 1 is 0.400 bits per heavy atom. The largest absolute Gasteiger partial charge is 0.455 e. The third-order valence-electron chi connectivity index (χ3n) is 11.9. The highest BCUT2D eigenvalue weighted by Crippen LogP contribution is 2.46. The van der Waals surface area contributed by atoms with E-state index in [0.29, 0.717) is 0 Å². The molecule has 0 saturated heterocycles. The van der Waals surface area contributed by atoms with Crippen LogP contribution < -0.4 is 0 Å². The van der Waals surface area contributed by atoms with E-state index in [-0.39, 0.29) is 0 Å². The molecule has 0 radical (unpaired) electrons. The third-order valence-corrected chi connectivity index (χ3v) is 13.1. The molecule has 3 aromatic heterocycles. The molecular formula is C52H29NOS. The number of fused-ring (bicyclic) bond motifs is 10. The second kappa shape index (κ2) is 10.8. The van der Waals surface area contributed by atoms with Gasteiger partial charge >= 0.3 is 0 Å². The first kappa shape index (κ1) is 29.5. The zero-order valence-electron chi connectivity index (χ0n) is 29.5. The highest BCUT2D eigenvalue weighted by Gasteiger charge is 2.21. The SMILES string of the molecule is c1ccc(-c2cccc3c2sc2ccc(-c4ccc5c(c4)c4ccccc4n5-c4cc5c6oc7ccccc7c6cc6ccc7cccc4c7c65)cc23)cc1. The summed E-state index contributed by atoms with van der Waals surface area (Å²) >= 11 is 1.89. The summed E-state index contributed by atoms with van der Waals surface area (Å²) < 4.78 is 11.8. The summed E-state index contributed by atoms with van der Waals surface area (Å²) in [5.41, 5.74) is 10.4. The molecule has 0 unspecified atom stereocenters. The van der Waals surface area contributed by atoms with Crippen LogP contribution in [0.25, 0.3) is 124 Å². The second-order valence-electron chi connectivity index (χ2n) is 14.8. The van der Waals surface area contributed by atoms with Gasteiger partial charge in [-0.05, 0) is 86.9 Å². The molecule has 0 spiro atoms. The molecule has 10 aromatic carbocycles. The minimum absolute atomic E-state index is 0.920. The number of aromatic nitrogens is 1. The fraction of sp³-hybridized carbons (Fsp3) is 0. The molecule has 0 N–H and O–H groups in total. The first-order chi connectivity index (χ1) is 27.3. The standard InChI is InChI=1S/C52H29NOS/c1-2-10-30(11-3-1)35-15-9-16-38-41-27-33(23-25-48(41)55-52(35)38)32-22-24-45-40(26-32)36-13-4-6-18-44(36)53(45)46-29-43-50-34(21-20-31-12-8-17-39(46)49(31)50)28-42-37-14-5-7-19-47(37)54-51(42)43/h1-29H. The predicted molar refractivity (Wildman–Crippen MR) is 236 cm³/mol. The first-order valence-corrected chi connectivity index (χ1v) is 19.6. The Kier molecular flexibility index (Phi) is 5.80. The van der Waals surface area contributed by atoms with Crippen molar-refractivity contribution in [2.24, 2.45) is 0 Å². The summed E-state index contributed by atoms with van der Waals surface area (Å²) in [7, 11) is 0. The van der Waals surface area contributed by atoms with E-state index in [0.717, 1.165) is 33.0 Å². The van der Waals surface area contributed by atoms with E-state index in [1.807, 2.05) is 11.3 Å². The van der Waals surface area contributed by atoms with Gasteiger partial charge in [-0.3, -0.25) is 0 Å². The average Bonchev–Trinajstić information content (AvgIpc) is 3.92. The van der Waals surface area contributed by atoms with Crippen LogP contribution in [0.15, 0.2) is 180 Å². The molecule has 0 bridgehead atoms. The van der Waals surface area contributed by atoms with E-state index in [4.69, 9.17) is 4.42 Å². The fourth-order valence-corrected chi connectivity index (χ4v) is 10.7. The second-order valence-corrected chi connectivity index (χ2v) is 15.9. The molecular weight excluding hydrogens is 687 g/mol. The Morgan fingerprint density at radius 2 is 1.11 bits per heavy atom. The van der Waals surface area contributed by atoms with Crippen molar-refractivity contribution in [2.45, 2.75) is 0 Å². The zero-order chi connectivity index (χ0) is 35.8. The summed E-state index contributed by atoms with van der Waals surface area (Å²) in [5, 5.41) is 14.8. The van der Waals surface area contributed by atoms with E-state index in [2.05, 4.69) is 180 Å². The molecule has 0 saturated carbocycles. The van der Waals surface area contributed by atoms with Crippen molar-refractivity contribution in [1.82, 2.24) is 4.57 Å². The van der Waals surface area contributed by atoms with Crippen molar-refractivity contribution >= 4 is 108 Å². The highest BCUT2D eigenvalue weighted by molar-refractivity contribution is 7.26. The minimum atomic E-state index is 0.920. The number of rotatable bonds is 3. The first-order valence-electron chi connectivity index (χ1n) is 18.8. The van der Waals surface area contributed by atoms with Crippen LogP contribution in [0.5, 0.6) is 0 Å². The predicted octanol–water partition coefficient (Wildman–Crippen LogP) is 15.3. The molecule has 254 valence electrons. The van der Waals surface area contributed by atoms with Gasteiger partial charge in [0.1, 0.15) is 11.2 Å². The topological polar surface area (TPSA) is 18.1 Å². The summed E-state index contributed by atoms with van der Waals surface area (Å²) in [4.78, 5) is 0. The van der Waals surface area contributed by atoms with E-state index >= 15 is 0 Å². The van der Waals surface area contributed by atoms with Gasteiger partial charge in [0.25, 0.3) is 0 Å². The molecule has 0 amide bonds. The van der Waals surface area contributed by atoms with Crippen molar-refractivity contribution in [3.8, 4) is 27.9 Å². The molecule has 13 aromatic rings. The molecule has 0 aliphatic rings. The maximum absolute atomic E-state index is 6.69. The van der Waals surface area contributed by atoms with Crippen molar-refractivity contribution in [1.29, 1.82) is 0 Å². The quantitative estimate of drug-likeness (QED) is 0.167. The summed E-state index contributed by atoms with van der Waals surface area (Å²) in [5.74, 6) is 0. The Labute approximate surface area is 319 Å². The molecule has 2 nitrogen and oxygen atoms in total. The molecule has 0 fully saturated rings. The molecule has 13 rings (SSSR count). The van der Waals surface area contributed by atoms with Crippen molar-refractivity contribution < 1.29 is 4.42 Å². The monoisotopic (exact) mass is 715 g/mol. The van der Waals surface area contributed by atoms with Crippen LogP contribution in [0, 0.1) is 0 Å². The van der Waals surface area contributed by atoms with Crippen LogP contribution >= 0.6 is 11.3 Å². The van der Waals surface area contributed by atoms with E-state index in [1.54, 1.807) is 0 Å². The van der Waals surface area contributed by atoms with Gasteiger partial charge in [0.15, 0.2) is 0 Å². The minimum Gasteiger partial charge on any atom is -0.455 e. The number of para-hydroxylation sites is 2. The lowest BCUT2D eigenvalue weighted by Crippen LogP contribution is -1.97. The summed E-state index contributed by atoms with van der Waals surface area (Å²) in [6, 6.07) is 64.7. The number of nitrogens with zero attached hydrogens (tertiary/aromatic N) is 1. The Morgan fingerprint density at radius 3 is 2.04 bits per heavy atom. The fourth-order valence-electron chi connectivity index (χ4n) is 9.47. The van der Waals surface area contributed by atoms with Gasteiger partial charge in [-0.2, -0.15) is 0 Å².